The van der Waals surface area contributed by atoms with Gasteiger partial charge in [0.25, 0.3) is 0 Å². The van der Waals surface area contributed by atoms with Crippen LogP contribution in [0.1, 0.15) is 31.0 Å². The Balaban J connectivity index is 2.06. The molecule has 0 aliphatic rings. The highest BCUT2D eigenvalue weighted by Crippen LogP contribution is 2.15. The molecule has 2 rings (SSSR count). The summed E-state index contributed by atoms with van der Waals surface area (Å²) >= 11 is 0. The van der Waals surface area contributed by atoms with Gasteiger partial charge in [0, 0.05) is 6.04 Å². The molecular formula is C14H14FN3O. The SMILES string of the molecule is CC(C)n1cc(OCc2cc(F)cc(C#N)c2)cn1. The minimum Gasteiger partial charge on any atom is -0.486 e. The minimum atomic E-state index is -0.435. The number of ether oxygens (including phenoxy) is 1. The molecule has 0 atom stereocenters. The highest BCUT2D eigenvalue weighted by atomic mass is 19.1. The summed E-state index contributed by atoms with van der Waals surface area (Å²) < 4.78 is 20.5. The molecule has 0 amide bonds. The largest absolute Gasteiger partial charge is 0.486 e. The molecule has 0 unspecified atom stereocenters. The Morgan fingerprint density at radius 3 is 2.84 bits per heavy atom. The van der Waals surface area contributed by atoms with Crippen LogP contribution in [0, 0.1) is 17.1 Å². The zero-order valence-corrected chi connectivity index (χ0v) is 10.8. The molecule has 1 aromatic carbocycles. The summed E-state index contributed by atoms with van der Waals surface area (Å²) in [5.41, 5.74) is 0.908. The fourth-order valence-electron chi connectivity index (χ4n) is 1.64. The number of aromatic nitrogens is 2. The number of rotatable bonds is 4. The molecule has 98 valence electrons. The molecule has 2 aromatic rings. The van der Waals surface area contributed by atoms with E-state index in [0.717, 1.165) is 0 Å². The van der Waals surface area contributed by atoms with Crippen molar-refractivity contribution in [1.29, 1.82) is 5.26 Å². The first-order valence-corrected chi connectivity index (χ1v) is 5.95. The summed E-state index contributed by atoms with van der Waals surface area (Å²) in [6.45, 7) is 4.24. The van der Waals surface area contributed by atoms with Crippen molar-refractivity contribution in [3.05, 3.63) is 47.5 Å². The number of hydrogen-bond acceptors (Lipinski definition) is 3. The smallest absolute Gasteiger partial charge is 0.157 e. The van der Waals surface area contributed by atoms with Gasteiger partial charge < -0.3 is 4.74 Å². The van der Waals surface area contributed by atoms with E-state index in [1.165, 1.54) is 12.1 Å². The van der Waals surface area contributed by atoms with Crippen molar-refractivity contribution in [2.75, 3.05) is 0 Å². The van der Waals surface area contributed by atoms with Crippen LogP contribution in [-0.2, 0) is 6.61 Å². The van der Waals surface area contributed by atoms with Crippen LogP contribution >= 0.6 is 0 Å². The first kappa shape index (κ1) is 13.1. The third-order valence-corrected chi connectivity index (χ3v) is 2.60. The van der Waals surface area contributed by atoms with Gasteiger partial charge in [-0.25, -0.2) is 4.39 Å². The molecule has 0 radical (unpaired) electrons. The Labute approximate surface area is 111 Å². The average Bonchev–Trinajstić information content (AvgIpc) is 2.84. The van der Waals surface area contributed by atoms with Gasteiger partial charge >= 0.3 is 0 Å². The van der Waals surface area contributed by atoms with Crippen LogP contribution in [-0.4, -0.2) is 9.78 Å². The summed E-state index contributed by atoms with van der Waals surface area (Å²) in [7, 11) is 0. The Bertz CT molecular complexity index is 613. The van der Waals surface area contributed by atoms with Crippen LogP contribution in [0.3, 0.4) is 0 Å². The van der Waals surface area contributed by atoms with Crippen LogP contribution < -0.4 is 4.74 Å². The molecule has 0 aliphatic heterocycles. The lowest BCUT2D eigenvalue weighted by Crippen LogP contribution is -2.00. The molecule has 0 bridgehead atoms. The number of benzene rings is 1. The van der Waals surface area contributed by atoms with E-state index < -0.39 is 5.82 Å². The maximum Gasteiger partial charge on any atom is 0.157 e. The van der Waals surface area contributed by atoms with Gasteiger partial charge in [-0.1, -0.05) is 0 Å². The zero-order chi connectivity index (χ0) is 13.8. The average molecular weight is 259 g/mol. The van der Waals surface area contributed by atoms with E-state index >= 15 is 0 Å². The van der Waals surface area contributed by atoms with Crippen molar-refractivity contribution in [3.8, 4) is 11.8 Å². The number of halogens is 1. The van der Waals surface area contributed by atoms with Crippen LogP contribution in [0.4, 0.5) is 4.39 Å². The fraction of sp³-hybridized carbons (Fsp3) is 0.286. The van der Waals surface area contributed by atoms with Gasteiger partial charge in [-0.3, -0.25) is 4.68 Å². The Kier molecular flexibility index (Phi) is 3.81. The maximum atomic E-state index is 13.2. The van der Waals surface area contributed by atoms with Gasteiger partial charge in [0.15, 0.2) is 5.75 Å². The molecule has 0 spiro atoms. The predicted octanol–water partition coefficient (Wildman–Crippen LogP) is 3.05. The van der Waals surface area contributed by atoms with E-state index in [1.807, 2.05) is 19.9 Å². The lowest BCUT2D eigenvalue weighted by Gasteiger charge is -2.05. The highest BCUT2D eigenvalue weighted by Gasteiger charge is 2.05. The molecule has 0 saturated carbocycles. The molecule has 0 aliphatic carbocycles. The molecule has 19 heavy (non-hydrogen) atoms. The van der Waals surface area contributed by atoms with E-state index in [2.05, 4.69) is 5.10 Å². The van der Waals surface area contributed by atoms with Crippen LogP contribution in [0.2, 0.25) is 0 Å². The van der Waals surface area contributed by atoms with Gasteiger partial charge in [-0.15, -0.1) is 0 Å². The second kappa shape index (κ2) is 5.53. The van der Waals surface area contributed by atoms with Gasteiger partial charge in [-0.2, -0.15) is 10.4 Å². The first-order chi connectivity index (χ1) is 9.08. The van der Waals surface area contributed by atoms with E-state index in [4.69, 9.17) is 10.00 Å². The molecule has 1 heterocycles. The lowest BCUT2D eigenvalue weighted by atomic mass is 10.1. The van der Waals surface area contributed by atoms with Crippen molar-refractivity contribution < 1.29 is 9.13 Å². The second-order valence-electron chi connectivity index (χ2n) is 4.50. The molecule has 0 fully saturated rings. The molecule has 0 N–H and O–H groups in total. The molecule has 1 aromatic heterocycles. The highest BCUT2D eigenvalue weighted by molar-refractivity contribution is 5.33. The summed E-state index contributed by atoms with van der Waals surface area (Å²) in [6, 6.07) is 6.33. The van der Waals surface area contributed by atoms with E-state index in [9.17, 15) is 4.39 Å². The lowest BCUT2D eigenvalue weighted by molar-refractivity contribution is 0.304. The number of nitrogens with zero attached hydrogens (tertiary/aromatic N) is 3. The van der Waals surface area contributed by atoms with Crippen LogP contribution in [0.25, 0.3) is 0 Å². The summed E-state index contributed by atoms with van der Waals surface area (Å²) in [5, 5.41) is 12.9. The minimum absolute atomic E-state index is 0.205. The summed E-state index contributed by atoms with van der Waals surface area (Å²) in [6.07, 6.45) is 3.40. The van der Waals surface area contributed by atoms with E-state index in [1.54, 1.807) is 23.1 Å². The standard InChI is InChI=1S/C14H14FN3O/c1-10(2)18-8-14(7-17-18)19-9-12-3-11(6-16)4-13(15)5-12/h3-5,7-8,10H,9H2,1-2H3. The summed E-state index contributed by atoms with van der Waals surface area (Å²) in [5.74, 6) is 0.187. The van der Waals surface area contributed by atoms with E-state index in [0.29, 0.717) is 11.3 Å². The van der Waals surface area contributed by atoms with Crippen LogP contribution in [0.5, 0.6) is 5.75 Å². The first-order valence-electron chi connectivity index (χ1n) is 5.95. The monoisotopic (exact) mass is 259 g/mol. The predicted molar refractivity (Wildman–Crippen MR) is 68.1 cm³/mol. The summed E-state index contributed by atoms with van der Waals surface area (Å²) in [4.78, 5) is 0. The normalized spacial score (nSPS) is 10.5. The Morgan fingerprint density at radius 1 is 1.42 bits per heavy atom. The molecular weight excluding hydrogens is 245 g/mol. The molecule has 4 nitrogen and oxygen atoms in total. The number of nitriles is 1. The van der Waals surface area contributed by atoms with Gasteiger partial charge in [0.2, 0.25) is 0 Å². The van der Waals surface area contributed by atoms with Crippen LogP contribution in [0.15, 0.2) is 30.6 Å². The third kappa shape index (κ3) is 3.32. The van der Waals surface area contributed by atoms with Gasteiger partial charge in [0.1, 0.15) is 12.4 Å². The van der Waals surface area contributed by atoms with Gasteiger partial charge in [-0.05, 0) is 37.6 Å². The topological polar surface area (TPSA) is 50.8 Å². The Hall–Kier alpha value is -2.35. The third-order valence-electron chi connectivity index (χ3n) is 2.60. The van der Waals surface area contributed by atoms with Crippen molar-refractivity contribution in [3.63, 3.8) is 0 Å². The second-order valence-corrected chi connectivity index (χ2v) is 4.50. The van der Waals surface area contributed by atoms with Crippen molar-refractivity contribution >= 4 is 0 Å². The fourth-order valence-corrected chi connectivity index (χ4v) is 1.64. The van der Waals surface area contributed by atoms with Gasteiger partial charge in [0.05, 0.1) is 24.0 Å². The van der Waals surface area contributed by atoms with Crippen molar-refractivity contribution in [2.24, 2.45) is 0 Å². The van der Waals surface area contributed by atoms with E-state index in [-0.39, 0.29) is 18.2 Å². The quantitative estimate of drug-likeness (QED) is 0.847. The Morgan fingerprint density at radius 2 is 2.21 bits per heavy atom. The molecule has 5 heteroatoms. The van der Waals surface area contributed by atoms with Crippen molar-refractivity contribution in [2.45, 2.75) is 26.5 Å². The maximum absolute atomic E-state index is 13.2. The van der Waals surface area contributed by atoms with Crippen molar-refractivity contribution in [1.82, 2.24) is 9.78 Å². The zero-order valence-electron chi connectivity index (χ0n) is 10.8. The number of hydrogen-bond donors (Lipinski definition) is 0. The molecule has 0 saturated heterocycles.